The smallest absolute Gasteiger partial charge is 0.565 e. The fourth-order valence-electron chi connectivity index (χ4n) is 3.14. The molecule has 10 nitrogen and oxygen atoms in total. The number of rotatable bonds is 3. The van der Waals surface area contributed by atoms with Gasteiger partial charge in [0.2, 0.25) is 0 Å². The minimum atomic E-state index is -4.64. The van der Waals surface area contributed by atoms with Crippen LogP contribution in [0.5, 0.6) is 5.75 Å². The van der Waals surface area contributed by atoms with Gasteiger partial charge in [-0.3, -0.25) is 0 Å². The summed E-state index contributed by atoms with van der Waals surface area (Å²) in [6.45, 7) is 4.10. The maximum absolute atomic E-state index is 12.4. The maximum atomic E-state index is 12.4. The number of aromatic nitrogens is 4. The molecule has 0 aliphatic heterocycles. The van der Waals surface area contributed by atoms with Gasteiger partial charge in [0.25, 0.3) is 0 Å². The summed E-state index contributed by atoms with van der Waals surface area (Å²) in [6, 6.07) is 14.2. The standard InChI is InChI=1S/C20H19N4O2.Na.H3O4P/c1-12(2)13-4-7-18(25)16(11-13)19-21-22-20(26)24(19)15-5-6-17-14(10-15)8-9-23(17)3;;1-5(2,3)4/h5-12,25H,1-3H3,(H,22,26);;(H3,1,2,3,4)/q-1;+1;. The Labute approximate surface area is 205 Å². The SMILES string of the molecule is CC(C)c1[c-]cc(O)c(-c2n[nH]c(=O)n2-c2ccc3c(ccn3C)c2)c1.O=P(O)(O)O.[Na+]. The Kier molecular flexibility index (Phi) is 8.30. The Balaban J connectivity index is 0.000000548. The average Bonchev–Trinajstić information content (AvgIpc) is 3.23. The quantitative estimate of drug-likeness (QED) is 0.153. The van der Waals surface area contributed by atoms with Gasteiger partial charge in [-0.05, 0) is 35.7 Å². The van der Waals surface area contributed by atoms with Crippen molar-refractivity contribution in [1.82, 2.24) is 19.3 Å². The molecule has 12 heteroatoms. The van der Waals surface area contributed by atoms with Gasteiger partial charge in [0.05, 0.1) is 5.69 Å². The molecule has 0 bridgehead atoms. The summed E-state index contributed by atoms with van der Waals surface area (Å²) in [5.74, 6) is 0.656. The molecule has 2 aromatic heterocycles. The van der Waals surface area contributed by atoms with E-state index in [1.807, 2.05) is 62.0 Å². The third-order valence-corrected chi connectivity index (χ3v) is 4.61. The van der Waals surface area contributed by atoms with E-state index in [2.05, 4.69) is 16.3 Å². The van der Waals surface area contributed by atoms with E-state index in [4.69, 9.17) is 19.2 Å². The molecule has 0 radical (unpaired) electrons. The fourth-order valence-corrected chi connectivity index (χ4v) is 3.14. The van der Waals surface area contributed by atoms with Crippen molar-refractivity contribution in [2.75, 3.05) is 0 Å². The van der Waals surface area contributed by atoms with Crippen molar-refractivity contribution in [1.29, 1.82) is 0 Å². The molecule has 0 saturated carbocycles. The van der Waals surface area contributed by atoms with E-state index in [9.17, 15) is 9.90 Å². The van der Waals surface area contributed by atoms with Gasteiger partial charge < -0.3 is 24.4 Å². The normalized spacial score (nSPS) is 11.2. The van der Waals surface area contributed by atoms with Gasteiger partial charge in [-0.15, -0.1) is 6.07 Å². The van der Waals surface area contributed by atoms with Gasteiger partial charge in [0.15, 0.2) is 0 Å². The molecule has 0 amide bonds. The van der Waals surface area contributed by atoms with Crippen molar-refractivity contribution in [3.8, 4) is 22.8 Å². The van der Waals surface area contributed by atoms with Crippen molar-refractivity contribution >= 4 is 18.7 Å². The van der Waals surface area contributed by atoms with Crippen LogP contribution < -0.4 is 35.2 Å². The molecule has 0 unspecified atom stereocenters. The van der Waals surface area contributed by atoms with E-state index in [-0.39, 0.29) is 46.9 Å². The van der Waals surface area contributed by atoms with Gasteiger partial charge in [0, 0.05) is 29.9 Å². The summed E-state index contributed by atoms with van der Waals surface area (Å²) in [7, 11) is -2.66. The summed E-state index contributed by atoms with van der Waals surface area (Å²) in [5, 5.41) is 18.0. The molecule has 5 N–H and O–H groups in total. The maximum Gasteiger partial charge on any atom is 1.00 e. The Hall–Kier alpha value is -2.17. The van der Waals surface area contributed by atoms with Gasteiger partial charge in [-0.25, -0.2) is 19.0 Å². The third-order valence-electron chi connectivity index (χ3n) is 4.61. The number of phenols is 1. The van der Waals surface area contributed by atoms with E-state index < -0.39 is 7.82 Å². The Morgan fingerprint density at radius 1 is 1.16 bits per heavy atom. The van der Waals surface area contributed by atoms with Crippen LogP contribution in [0.1, 0.15) is 25.3 Å². The average molecular weight is 468 g/mol. The second kappa shape index (κ2) is 10.2. The molecule has 4 rings (SSSR count). The molecular formula is C20H22N4NaO6P. The molecule has 4 aromatic rings. The number of aryl methyl sites for hydroxylation is 1. The number of phosphoric acid groups is 1. The van der Waals surface area contributed by atoms with Crippen LogP contribution >= 0.6 is 7.82 Å². The van der Waals surface area contributed by atoms with Crippen LogP contribution in [0.4, 0.5) is 0 Å². The minimum absolute atomic E-state index is 0. The number of aromatic amines is 1. The molecule has 0 fully saturated rings. The Bertz CT molecular complexity index is 1330. The van der Waals surface area contributed by atoms with Crippen molar-refractivity contribution in [3.05, 3.63) is 64.7 Å². The van der Waals surface area contributed by atoms with E-state index in [1.165, 1.54) is 10.6 Å². The number of phenolic OH excluding ortho intramolecular Hbond substituents is 1. The monoisotopic (exact) mass is 468 g/mol. The van der Waals surface area contributed by atoms with E-state index in [0.29, 0.717) is 17.1 Å². The predicted molar refractivity (Wildman–Crippen MR) is 115 cm³/mol. The summed E-state index contributed by atoms with van der Waals surface area (Å²) in [6.07, 6.45) is 1.97. The van der Waals surface area contributed by atoms with Gasteiger partial charge in [-0.1, -0.05) is 13.8 Å². The zero-order valence-electron chi connectivity index (χ0n) is 18.0. The first-order valence-electron chi connectivity index (χ1n) is 9.22. The van der Waals surface area contributed by atoms with Crippen LogP contribution in [-0.4, -0.2) is 39.1 Å². The van der Waals surface area contributed by atoms with Gasteiger partial charge in [-0.2, -0.15) is 22.8 Å². The summed E-state index contributed by atoms with van der Waals surface area (Å²) < 4.78 is 12.4. The van der Waals surface area contributed by atoms with Crippen LogP contribution in [-0.2, 0) is 11.6 Å². The van der Waals surface area contributed by atoms with Crippen LogP contribution in [0.15, 0.2) is 47.4 Å². The van der Waals surface area contributed by atoms with E-state index in [1.54, 1.807) is 0 Å². The minimum Gasteiger partial charge on any atom is -0.565 e. The number of aromatic hydroxyl groups is 1. The molecular weight excluding hydrogens is 446 g/mol. The summed E-state index contributed by atoms with van der Waals surface area (Å²) in [4.78, 5) is 34.0. The van der Waals surface area contributed by atoms with Crippen molar-refractivity contribution in [2.24, 2.45) is 7.05 Å². The first-order valence-corrected chi connectivity index (χ1v) is 10.8. The zero-order valence-corrected chi connectivity index (χ0v) is 20.9. The number of hydrogen-bond donors (Lipinski definition) is 5. The Morgan fingerprint density at radius 3 is 2.44 bits per heavy atom. The van der Waals surface area contributed by atoms with Gasteiger partial charge >= 0.3 is 43.1 Å². The summed E-state index contributed by atoms with van der Waals surface area (Å²) >= 11 is 0. The van der Waals surface area contributed by atoms with E-state index in [0.717, 1.165) is 16.5 Å². The summed E-state index contributed by atoms with van der Waals surface area (Å²) in [5.41, 5.74) is 2.85. The molecule has 0 saturated heterocycles. The number of H-pyrrole nitrogens is 1. The van der Waals surface area contributed by atoms with Crippen LogP contribution in [0, 0.1) is 6.07 Å². The zero-order chi connectivity index (χ0) is 22.9. The second-order valence-electron chi connectivity index (χ2n) is 7.21. The molecule has 0 atom stereocenters. The van der Waals surface area contributed by atoms with Crippen molar-refractivity contribution in [3.63, 3.8) is 0 Å². The topological polar surface area (TPSA) is 154 Å². The first-order chi connectivity index (χ1) is 14.5. The molecule has 0 spiro atoms. The first kappa shape index (κ1) is 26.1. The largest absolute Gasteiger partial charge is 1.00 e. The Morgan fingerprint density at radius 2 is 1.81 bits per heavy atom. The number of benzene rings is 2. The fraction of sp³-hybridized carbons (Fsp3) is 0.200. The number of nitrogens with zero attached hydrogens (tertiary/aromatic N) is 3. The molecule has 164 valence electrons. The number of fused-ring (bicyclic) bond motifs is 1. The molecule has 32 heavy (non-hydrogen) atoms. The molecule has 0 aliphatic carbocycles. The van der Waals surface area contributed by atoms with Crippen molar-refractivity contribution in [2.45, 2.75) is 19.8 Å². The van der Waals surface area contributed by atoms with Crippen LogP contribution in [0.2, 0.25) is 0 Å². The molecule has 2 aromatic carbocycles. The second-order valence-corrected chi connectivity index (χ2v) is 8.24. The number of nitrogens with one attached hydrogen (secondary N) is 1. The van der Waals surface area contributed by atoms with Crippen LogP contribution in [0.3, 0.4) is 0 Å². The third kappa shape index (κ3) is 5.99. The number of hydrogen-bond acceptors (Lipinski definition) is 4. The molecule has 0 aliphatic rings. The van der Waals surface area contributed by atoms with Gasteiger partial charge in [0.1, 0.15) is 5.82 Å². The van der Waals surface area contributed by atoms with Crippen molar-refractivity contribution < 1.29 is 53.9 Å². The predicted octanol–water partition coefficient (Wildman–Crippen LogP) is -0.576. The van der Waals surface area contributed by atoms with Crippen LogP contribution in [0.25, 0.3) is 28.0 Å². The van der Waals surface area contributed by atoms with E-state index >= 15 is 0 Å². The molecule has 2 heterocycles.